The zero-order chi connectivity index (χ0) is 14.4. The molecule has 0 bridgehead atoms. The number of rotatable bonds is 4. The minimum Gasteiger partial charge on any atom is -0.341 e. The van der Waals surface area contributed by atoms with Gasteiger partial charge in [-0.3, -0.25) is 4.79 Å². The summed E-state index contributed by atoms with van der Waals surface area (Å²) >= 11 is 0. The maximum absolute atomic E-state index is 11.7. The molecule has 6 nitrogen and oxygen atoms in total. The van der Waals surface area contributed by atoms with E-state index < -0.39 is 0 Å². The molecule has 0 saturated heterocycles. The quantitative estimate of drug-likeness (QED) is 0.866. The predicted molar refractivity (Wildman–Crippen MR) is 76.4 cm³/mol. The lowest BCUT2D eigenvalue weighted by Crippen LogP contribution is -2.36. The zero-order valence-corrected chi connectivity index (χ0v) is 11.2. The van der Waals surface area contributed by atoms with E-state index in [0.29, 0.717) is 13.1 Å². The molecule has 2 amide bonds. The van der Waals surface area contributed by atoms with E-state index in [0.717, 1.165) is 11.3 Å². The van der Waals surface area contributed by atoms with E-state index >= 15 is 0 Å². The van der Waals surface area contributed by atoms with Crippen LogP contribution in [0.2, 0.25) is 0 Å². The van der Waals surface area contributed by atoms with Crippen LogP contribution < -0.4 is 16.2 Å². The Kier molecular flexibility index (Phi) is 4.49. The van der Waals surface area contributed by atoms with Crippen molar-refractivity contribution in [3.05, 3.63) is 52.8 Å². The molecule has 0 unspecified atom stereocenters. The molecule has 1 heterocycles. The molecule has 0 spiro atoms. The molecule has 1 aromatic heterocycles. The molecule has 1 aromatic carbocycles. The molecule has 0 saturated carbocycles. The second-order valence-corrected chi connectivity index (χ2v) is 4.15. The van der Waals surface area contributed by atoms with Gasteiger partial charge in [-0.2, -0.15) is 5.10 Å². The standard InChI is InChI=1S/C14H16N4O2/c1-15-14(20)16-9-10-18-13(19)8-7-12(17-18)11-5-3-2-4-6-11/h2-8H,9-10H2,1H3,(H2,15,16,20). The summed E-state index contributed by atoms with van der Waals surface area (Å²) in [7, 11) is 1.54. The molecule has 2 N–H and O–H groups in total. The Morgan fingerprint density at radius 2 is 1.95 bits per heavy atom. The molecule has 2 rings (SSSR count). The molecule has 2 aromatic rings. The molecule has 0 radical (unpaired) electrons. The molecule has 0 aliphatic carbocycles. The van der Waals surface area contributed by atoms with Crippen LogP contribution in [0.1, 0.15) is 0 Å². The van der Waals surface area contributed by atoms with Crippen LogP contribution in [0.25, 0.3) is 11.3 Å². The summed E-state index contributed by atoms with van der Waals surface area (Å²) in [6.45, 7) is 0.664. The maximum Gasteiger partial charge on any atom is 0.314 e. The van der Waals surface area contributed by atoms with Gasteiger partial charge in [0.15, 0.2) is 0 Å². The van der Waals surface area contributed by atoms with Gasteiger partial charge in [-0.15, -0.1) is 0 Å². The largest absolute Gasteiger partial charge is 0.341 e. The lowest BCUT2D eigenvalue weighted by atomic mass is 10.1. The fourth-order valence-corrected chi connectivity index (χ4v) is 1.74. The highest BCUT2D eigenvalue weighted by atomic mass is 16.2. The number of nitrogens with zero attached hydrogens (tertiary/aromatic N) is 2. The SMILES string of the molecule is CNC(=O)NCCn1nc(-c2ccccc2)ccc1=O. The first-order chi connectivity index (χ1) is 9.70. The highest BCUT2D eigenvalue weighted by molar-refractivity contribution is 5.73. The second kappa shape index (κ2) is 6.51. The Balaban J connectivity index is 2.13. The molecule has 0 atom stereocenters. The van der Waals surface area contributed by atoms with Crippen molar-refractivity contribution in [1.29, 1.82) is 0 Å². The number of amides is 2. The summed E-state index contributed by atoms with van der Waals surface area (Å²) in [5.41, 5.74) is 1.48. The van der Waals surface area contributed by atoms with Gasteiger partial charge in [0, 0.05) is 25.2 Å². The molecular weight excluding hydrogens is 256 g/mol. The molecule has 0 aliphatic rings. The van der Waals surface area contributed by atoms with Crippen LogP contribution in [-0.4, -0.2) is 29.4 Å². The van der Waals surface area contributed by atoms with Gasteiger partial charge in [0.1, 0.15) is 0 Å². The van der Waals surface area contributed by atoms with Crippen LogP contribution in [0.4, 0.5) is 4.79 Å². The van der Waals surface area contributed by atoms with Gasteiger partial charge in [0.05, 0.1) is 12.2 Å². The predicted octanol–water partition coefficient (Wildman–Crippen LogP) is 0.839. The Morgan fingerprint density at radius 3 is 2.65 bits per heavy atom. The molecule has 6 heteroatoms. The van der Waals surface area contributed by atoms with Crippen LogP contribution in [0.5, 0.6) is 0 Å². The third-order valence-corrected chi connectivity index (χ3v) is 2.77. The smallest absolute Gasteiger partial charge is 0.314 e. The summed E-state index contributed by atoms with van der Waals surface area (Å²) in [6, 6.07) is 12.5. The van der Waals surface area contributed by atoms with Crippen molar-refractivity contribution in [3.8, 4) is 11.3 Å². The third-order valence-electron chi connectivity index (χ3n) is 2.77. The molecule has 20 heavy (non-hydrogen) atoms. The fourth-order valence-electron chi connectivity index (χ4n) is 1.74. The van der Waals surface area contributed by atoms with Crippen molar-refractivity contribution in [1.82, 2.24) is 20.4 Å². The number of hydrogen-bond acceptors (Lipinski definition) is 3. The van der Waals surface area contributed by atoms with Gasteiger partial charge in [-0.05, 0) is 6.07 Å². The van der Waals surface area contributed by atoms with E-state index in [1.165, 1.54) is 17.8 Å². The topological polar surface area (TPSA) is 76.0 Å². The number of carbonyl (C=O) groups is 1. The van der Waals surface area contributed by atoms with E-state index in [9.17, 15) is 9.59 Å². The van der Waals surface area contributed by atoms with Crippen molar-refractivity contribution in [2.45, 2.75) is 6.54 Å². The van der Waals surface area contributed by atoms with Gasteiger partial charge in [-0.25, -0.2) is 9.48 Å². The highest BCUT2D eigenvalue weighted by Crippen LogP contribution is 2.13. The Labute approximate surface area is 116 Å². The lowest BCUT2D eigenvalue weighted by molar-refractivity contribution is 0.242. The van der Waals surface area contributed by atoms with E-state index in [-0.39, 0.29) is 11.6 Å². The van der Waals surface area contributed by atoms with Crippen LogP contribution in [0.3, 0.4) is 0 Å². The number of hydrogen-bond donors (Lipinski definition) is 2. The Hall–Kier alpha value is -2.63. The average molecular weight is 272 g/mol. The van der Waals surface area contributed by atoms with Crippen molar-refractivity contribution < 1.29 is 4.79 Å². The van der Waals surface area contributed by atoms with Crippen molar-refractivity contribution in [2.24, 2.45) is 0 Å². The first-order valence-electron chi connectivity index (χ1n) is 6.30. The van der Waals surface area contributed by atoms with Crippen LogP contribution in [0, 0.1) is 0 Å². The van der Waals surface area contributed by atoms with Crippen LogP contribution in [0.15, 0.2) is 47.3 Å². The first kappa shape index (κ1) is 13.8. The Morgan fingerprint density at radius 1 is 1.20 bits per heavy atom. The van der Waals surface area contributed by atoms with Gasteiger partial charge in [0.2, 0.25) is 0 Å². The van der Waals surface area contributed by atoms with Crippen molar-refractivity contribution in [3.63, 3.8) is 0 Å². The highest BCUT2D eigenvalue weighted by Gasteiger charge is 2.03. The van der Waals surface area contributed by atoms with Gasteiger partial charge in [-0.1, -0.05) is 30.3 Å². The summed E-state index contributed by atoms with van der Waals surface area (Å²) in [6.07, 6.45) is 0. The summed E-state index contributed by atoms with van der Waals surface area (Å²) in [5.74, 6) is 0. The number of carbonyl (C=O) groups excluding carboxylic acids is 1. The van der Waals surface area contributed by atoms with Crippen molar-refractivity contribution in [2.75, 3.05) is 13.6 Å². The molecule has 104 valence electrons. The van der Waals surface area contributed by atoms with E-state index in [2.05, 4.69) is 15.7 Å². The van der Waals surface area contributed by atoms with Gasteiger partial charge in [0.25, 0.3) is 5.56 Å². The monoisotopic (exact) mass is 272 g/mol. The maximum atomic E-state index is 11.7. The number of aromatic nitrogens is 2. The van der Waals surface area contributed by atoms with Crippen molar-refractivity contribution >= 4 is 6.03 Å². The van der Waals surface area contributed by atoms with E-state index in [1.54, 1.807) is 6.07 Å². The average Bonchev–Trinajstić information content (AvgIpc) is 2.49. The van der Waals surface area contributed by atoms with Crippen LogP contribution >= 0.6 is 0 Å². The first-order valence-corrected chi connectivity index (χ1v) is 6.30. The van der Waals surface area contributed by atoms with Gasteiger partial charge < -0.3 is 10.6 Å². The van der Waals surface area contributed by atoms with Crippen LogP contribution in [-0.2, 0) is 6.54 Å². The fraction of sp³-hybridized carbons (Fsp3) is 0.214. The number of urea groups is 1. The minimum atomic E-state index is -0.280. The summed E-state index contributed by atoms with van der Waals surface area (Å²) in [4.78, 5) is 22.8. The van der Waals surface area contributed by atoms with E-state index in [4.69, 9.17) is 0 Å². The number of nitrogens with one attached hydrogen (secondary N) is 2. The van der Waals surface area contributed by atoms with E-state index in [1.807, 2.05) is 30.3 Å². The summed E-state index contributed by atoms with van der Waals surface area (Å²) < 4.78 is 1.35. The second-order valence-electron chi connectivity index (χ2n) is 4.15. The molecule has 0 fully saturated rings. The minimum absolute atomic E-state index is 0.191. The Bertz CT molecular complexity index is 637. The molecule has 0 aliphatic heterocycles. The summed E-state index contributed by atoms with van der Waals surface area (Å²) in [5, 5.41) is 9.36. The molecular formula is C14H16N4O2. The van der Waals surface area contributed by atoms with Gasteiger partial charge >= 0.3 is 6.03 Å². The lowest BCUT2D eigenvalue weighted by Gasteiger charge is -2.08. The zero-order valence-electron chi connectivity index (χ0n) is 11.2. The number of benzene rings is 1. The normalized spacial score (nSPS) is 10.1. The third kappa shape index (κ3) is 3.44.